The molecule has 23 heavy (non-hydrogen) atoms. The first-order chi connectivity index (χ1) is 11.1. The first-order valence-corrected chi connectivity index (χ1v) is 7.93. The number of nitrogens with zero attached hydrogens (tertiary/aromatic N) is 1. The lowest BCUT2D eigenvalue weighted by Crippen LogP contribution is -2.45. The van der Waals surface area contributed by atoms with Crippen molar-refractivity contribution in [2.24, 2.45) is 0 Å². The summed E-state index contributed by atoms with van der Waals surface area (Å²) in [5.41, 5.74) is 0.301. The van der Waals surface area contributed by atoms with Crippen LogP contribution in [0.2, 0.25) is 0 Å². The number of benzene rings is 1. The van der Waals surface area contributed by atoms with Gasteiger partial charge in [-0.2, -0.15) is 0 Å². The first-order valence-electron chi connectivity index (χ1n) is 7.16. The smallest absolute Gasteiger partial charge is 0.326 e. The predicted octanol–water partition coefficient (Wildman–Crippen LogP) is 0.842. The number of carbonyl (C=O) groups excluding carboxylic acids is 2. The molecule has 0 saturated carbocycles. The molecule has 9 heteroatoms. The number of carbonyl (C=O) groups is 2. The highest BCUT2D eigenvalue weighted by molar-refractivity contribution is 7.95. The molecule has 1 aliphatic heterocycles. The SMILES string of the molecule is O=CC(Cc1cc(F)cc(F)c1)NC(=O)NSN1CCNCC1. The Labute approximate surface area is 137 Å². The van der Waals surface area contributed by atoms with Gasteiger partial charge < -0.3 is 15.4 Å². The fourth-order valence-electron chi connectivity index (χ4n) is 2.16. The highest BCUT2D eigenvalue weighted by Crippen LogP contribution is 2.10. The van der Waals surface area contributed by atoms with Crippen molar-refractivity contribution < 1.29 is 18.4 Å². The lowest BCUT2D eigenvalue weighted by Gasteiger charge is -2.25. The summed E-state index contributed by atoms with van der Waals surface area (Å²) in [4.78, 5) is 22.9. The van der Waals surface area contributed by atoms with Crippen molar-refractivity contribution in [1.29, 1.82) is 0 Å². The van der Waals surface area contributed by atoms with Gasteiger partial charge in [0.2, 0.25) is 0 Å². The third-order valence-corrected chi connectivity index (χ3v) is 4.10. The van der Waals surface area contributed by atoms with E-state index in [2.05, 4.69) is 15.4 Å². The lowest BCUT2D eigenvalue weighted by molar-refractivity contribution is -0.109. The molecular weight excluding hydrogens is 326 g/mol. The van der Waals surface area contributed by atoms with Gasteiger partial charge in [0.25, 0.3) is 0 Å². The van der Waals surface area contributed by atoms with Crippen LogP contribution in [-0.4, -0.2) is 48.8 Å². The Hall–Kier alpha value is -1.71. The summed E-state index contributed by atoms with van der Waals surface area (Å²) in [7, 11) is 0. The number of hydrogen-bond donors (Lipinski definition) is 3. The number of rotatable bonds is 6. The fraction of sp³-hybridized carbons (Fsp3) is 0.429. The Balaban J connectivity index is 1.80. The molecule has 6 nitrogen and oxygen atoms in total. The van der Waals surface area contributed by atoms with Crippen LogP contribution in [0.1, 0.15) is 5.56 Å². The van der Waals surface area contributed by atoms with Crippen LogP contribution in [0.4, 0.5) is 13.6 Å². The van der Waals surface area contributed by atoms with Gasteiger partial charge in [-0.3, -0.25) is 4.72 Å². The van der Waals surface area contributed by atoms with Crippen molar-refractivity contribution in [3.63, 3.8) is 0 Å². The van der Waals surface area contributed by atoms with E-state index in [-0.39, 0.29) is 6.42 Å². The molecule has 1 aromatic rings. The zero-order chi connectivity index (χ0) is 16.7. The van der Waals surface area contributed by atoms with Crippen LogP contribution in [-0.2, 0) is 11.2 Å². The minimum Gasteiger partial charge on any atom is -0.328 e. The molecule has 0 aromatic heterocycles. The third kappa shape index (κ3) is 6.12. The Morgan fingerprint density at radius 1 is 1.30 bits per heavy atom. The van der Waals surface area contributed by atoms with E-state index in [0.717, 1.165) is 56.5 Å². The molecule has 1 heterocycles. The molecule has 2 rings (SSSR count). The highest BCUT2D eigenvalue weighted by Gasteiger charge is 2.15. The zero-order valence-corrected chi connectivity index (χ0v) is 13.2. The molecule has 0 aliphatic carbocycles. The Morgan fingerprint density at radius 2 is 1.96 bits per heavy atom. The van der Waals surface area contributed by atoms with Crippen molar-refractivity contribution in [1.82, 2.24) is 19.7 Å². The van der Waals surface area contributed by atoms with Gasteiger partial charge in [-0.25, -0.2) is 17.9 Å². The normalized spacial score (nSPS) is 16.6. The average Bonchev–Trinajstić information content (AvgIpc) is 2.52. The van der Waals surface area contributed by atoms with Crippen molar-refractivity contribution in [3.05, 3.63) is 35.4 Å². The fourth-order valence-corrected chi connectivity index (χ4v) is 2.79. The van der Waals surface area contributed by atoms with Crippen LogP contribution in [0.3, 0.4) is 0 Å². The maximum Gasteiger partial charge on any atom is 0.326 e. The molecule has 0 radical (unpaired) electrons. The molecular formula is C14H18F2N4O2S. The van der Waals surface area contributed by atoms with Crippen LogP contribution in [0.5, 0.6) is 0 Å². The largest absolute Gasteiger partial charge is 0.328 e. The quantitative estimate of drug-likeness (QED) is 0.527. The monoisotopic (exact) mass is 344 g/mol. The van der Waals surface area contributed by atoms with Crippen molar-refractivity contribution in [2.45, 2.75) is 12.5 Å². The molecule has 1 aliphatic rings. The molecule has 3 N–H and O–H groups in total. The number of piperazine rings is 1. The Kier molecular flexibility index (Phi) is 6.75. The second-order valence-corrected chi connectivity index (χ2v) is 5.97. The summed E-state index contributed by atoms with van der Waals surface area (Å²) in [6.45, 7) is 3.28. The van der Waals surface area contributed by atoms with Gasteiger partial charge in [-0.15, -0.1) is 0 Å². The molecule has 1 unspecified atom stereocenters. The van der Waals surface area contributed by atoms with E-state index in [1.807, 2.05) is 4.31 Å². The molecule has 2 amide bonds. The van der Waals surface area contributed by atoms with Gasteiger partial charge >= 0.3 is 6.03 Å². The number of nitrogens with one attached hydrogen (secondary N) is 3. The Morgan fingerprint density at radius 3 is 2.57 bits per heavy atom. The summed E-state index contributed by atoms with van der Waals surface area (Å²) in [5.74, 6) is -1.44. The van der Waals surface area contributed by atoms with Crippen molar-refractivity contribution >= 4 is 24.5 Å². The lowest BCUT2D eigenvalue weighted by atomic mass is 10.1. The maximum absolute atomic E-state index is 13.1. The number of aldehydes is 1. The van der Waals surface area contributed by atoms with E-state index in [9.17, 15) is 18.4 Å². The topological polar surface area (TPSA) is 73.5 Å². The molecule has 1 fully saturated rings. The Bertz CT molecular complexity index is 535. The van der Waals surface area contributed by atoms with Gasteiger partial charge in [0.1, 0.15) is 17.9 Å². The van der Waals surface area contributed by atoms with E-state index in [1.165, 1.54) is 0 Å². The van der Waals surface area contributed by atoms with Crippen LogP contribution >= 0.6 is 12.1 Å². The molecule has 1 aromatic carbocycles. The molecule has 126 valence electrons. The van der Waals surface area contributed by atoms with Gasteiger partial charge in [0.15, 0.2) is 0 Å². The van der Waals surface area contributed by atoms with Gasteiger partial charge in [-0.1, -0.05) is 0 Å². The summed E-state index contributed by atoms with van der Waals surface area (Å²) < 4.78 is 30.8. The number of halogens is 2. The van der Waals surface area contributed by atoms with E-state index in [0.29, 0.717) is 11.8 Å². The average molecular weight is 344 g/mol. The minimum absolute atomic E-state index is 0.0178. The molecule has 1 atom stereocenters. The minimum atomic E-state index is -0.861. The maximum atomic E-state index is 13.1. The summed E-state index contributed by atoms with van der Waals surface area (Å²) in [5, 5.41) is 5.66. The second kappa shape index (κ2) is 8.80. The van der Waals surface area contributed by atoms with Crippen LogP contribution < -0.4 is 15.4 Å². The van der Waals surface area contributed by atoms with Crippen LogP contribution in [0, 0.1) is 11.6 Å². The second-order valence-electron chi connectivity index (χ2n) is 5.07. The number of amides is 2. The highest BCUT2D eigenvalue weighted by atomic mass is 32.2. The summed E-state index contributed by atoms with van der Waals surface area (Å²) >= 11 is 1.16. The van der Waals surface area contributed by atoms with Crippen molar-refractivity contribution in [2.75, 3.05) is 26.2 Å². The van der Waals surface area contributed by atoms with Gasteiger partial charge in [0.05, 0.1) is 6.04 Å². The van der Waals surface area contributed by atoms with E-state index in [1.54, 1.807) is 0 Å². The number of urea groups is 1. The van der Waals surface area contributed by atoms with Gasteiger partial charge in [-0.05, 0) is 24.1 Å². The third-order valence-electron chi connectivity index (χ3n) is 3.20. The van der Waals surface area contributed by atoms with Crippen LogP contribution in [0.15, 0.2) is 18.2 Å². The zero-order valence-electron chi connectivity index (χ0n) is 12.4. The van der Waals surface area contributed by atoms with Crippen molar-refractivity contribution in [3.8, 4) is 0 Å². The summed E-state index contributed by atoms with van der Waals surface area (Å²) in [6.07, 6.45) is 0.557. The van der Waals surface area contributed by atoms with Crippen LogP contribution in [0.25, 0.3) is 0 Å². The first kappa shape index (κ1) is 17.6. The summed E-state index contributed by atoms with van der Waals surface area (Å²) in [6, 6.07) is 1.63. The van der Waals surface area contributed by atoms with E-state index < -0.39 is 23.7 Å². The van der Waals surface area contributed by atoms with E-state index in [4.69, 9.17) is 0 Å². The van der Waals surface area contributed by atoms with Gasteiger partial charge in [0, 0.05) is 44.4 Å². The predicted molar refractivity (Wildman–Crippen MR) is 83.6 cm³/mol. The molecule has 0 bridgehead atoms. The van der Waals surface area contributed by atoms with E-state index >= 15 is 0 Å². The standard InChI is InChI=1S/C14H18F2N4O2S/c15-11-5-10(6-12(16)8-11)7-13(9-21)18-14(22)19-23-20-3-1-17-2-4-20/h5-6,8-9,13,17H,1-4,7H2,(H2,18,19,22). The number of hydrogen-bond acceptors (Lipinski definition) is 5. The molecule has 0 spiro atoms. The molecule has 1 saturated heterocycles.